The summed E-state index contributed by atoms with van der Waals surface area (Å²) in [5.41, 5.74) is 0.718. The third kappa shape index (κ3) is 3.98. The van der Waals surface area contributed by atoms with Crippen molar-refractivity contribution in [1.29, 1.82) is 0 Å². The number of nitrogens with one attached hydrogen (secondary N) is 2. The van der Waals surface area contributed by atoms with Gasteiger partial charge >= 0.3 is 5.97 Å². The molecule has 0 aliphatic carbocycles. The van der Waals surface area contributed by atoms with Crippen molar-refractivity contribution >= 4 is 33.4 Å². The molecule has 9 heteroatoms. The summed E-state index contributed by atoms with van der Waals surface area (Å²) < 4.78 is 4.73. The summed E-state index contributed by atoms with van der Waals surface area (Å²) in [7, 11) is 1.26. The smallest absolute Gasteiger partial charge is 0.334 e. The highest BCUT2D eigenvalue weighted by molar-refractivity contribution is 7.18. The Bertz CT molecular complexity index is 826. The van der Waals surface area contributed by atoms with Gasteiger partial charge in [0.2, 0.25) is 5.91 Å². The van der Waals surface area contributed by atoms with Gasteiger partial charge in [0.15, 0.2) is 6.10 Å². The average Bonchev–Trinajstić information content (AvgIpc) is 2.80. The van der Waals surface area contributed by atoms with E-state index in [4.69, 9.17) is 9.84 Å². The second-order valence-electron chi connectivity index (χ2n) is 5.34. The van der Waals surface area contributed by atoms with Gasteiger partial charge < -0.3 is 20.1 Å². The molecule has 3 N–H and O–H groups in total. The number of hydrogen-bond donors (Lipinski definition) is 3. The van der Waals surface area contributed by atoms with E-state index in [2.05, 4.69) is 15.3 Å². The molecule has 1 unspecified atom stereocenters. The van der Waals surface area contributed by atoms with Crippen LogP contribution in [0.1, 0.15) is 22.7 Å². The number of aromatic nitrogens is 2. The van der Waals surface area contributed by atoms with E-state index in [0.717, 1.165) is 10.4 Å². The van der Waals surface area contributed by atoms with E-state index in [1.807, 2.05) is 13.8 Å². The molecule has 8 nitrogen and oxygen atoms in total. The van der Waals surface area contributed by atoms with Crippen molar-refractivity contribution in [2.75, 3.05) is 13.7 Å². The van der Waals surface area contributed by atoms with Crippen LogP contribution in [0.4, 0.5) is 0 Å². The number of amides is 1. The van der Waals surface area contributed by atoms with Crippen LogP contribution >= 0.6 is 11.3 Å². The molecule has 0 radical (unpaired) electrons. The second-order valence-corrected chi connectivity index (χ2v) is 6.55. The minimum Gasteiger partial charge on any atom is -0.479 e. The van der Waals surface area contributed by atoms with E-state index in [1.54, 1.807) is 0 Å². The van der Waals surface area contributed by atoms with E-state index in [1.165, 1.54) is 18.4 Å². The highest BCUT2D eigenvalue weighted by Gasteiger charge is 2.17. The first kappa shape index (κ1) is 18.1. The highest BCUT2D eigenvalue weighted by atomic mass is 32.1. The Morgan fingerprint density at radius 1 is 1.42 bits per heavy atom. The number of nitrogens with zero attached hydrogens (tertiary/aromatic N) is 1. The summed E-state index contributed by atoms with van der Waals surface area (Å²) in [5.74, 6) is -1.04. The number of aliphatic carboxylic acids is 1. The number of aromatic amines is 1. The first-order valence-corrected chi connectivity index (χ1v) is 8.16. The fourth-order valence-electron chi connectivity index (χ4n) is 2.22. The van der Waals surface area contributed by atoms with Crippen LogP contribution in [0, 0.1) is 13.8 Å². The van der Waals surface area contributed by atoms with Gasteiger partial charge in [-0.2, -0.15) is 0 Å². The van der Waals surface area contributed by atoms with E-state index >= 15 is 0 Å². The Morgan fingerprint density at radius 3 is 2.75 bits per heavy atom. The van der Waals surface area contributed by atoms with E-state index in [9.17, 15) is 14.4 Å². The number of carbonyl (C=O) groups is 2. The normalized spacial score (nSPS) is 12.3. The van der Waals surface area contributed by atoms with Crippen molar-refractivity contribution in [2.45, 2.75) is 32.8 Å². The molecule has 0 bridgehead atoms. The third-order valence-corrected chi connectivity index (χ3v) is 4.82. The maximum absolute atomic E-state index is 12.1. The molecule has 0 aliphatic rings. The number of carbonyl (C=O) groups excluding carboxylic acids is 1. The maximum atomic E-state index is 12.1. The summed E-state index contributed by atoms with van der Waals surface area (Å²) in [5, 5.41) is 11.9. The van der Waals surface area contributed by atoms with Gasteiger partial charge in [-0.1, -0.05) is 0 Å². The lowest BCUT2D eigenvalue weighted by Crippen LogP contribution is -2.38. The molecule has 2 heterocycles. The minimum absolute atomic E-state index is 0.0911. The summed E-state index contributed by atoms with van der Waals surface area (Å²) in [4.78, 5) is 43.5. The molecule has 0 saturated heterocycles. The zero-order valence-corrected chi connectivity index (χ0v) is 14.5. The molecule has 1 atom stereocenters. The SMILES string of the molecule is COC(CNC(=O)CCc1nc2sc(C)c(C)c2c(=O)[nH]1)C(=O)O. The Kier molecular flexibility index (Phi) is 5.68. The van der Waals surface area contributed by atoms with Crippen molar-refractivity contribution in [1.82, 2.24) is 15.3 Å². The Hall–Kier alpha value is -2.26. The van der Waals surface area contributed by atoms with Gasteiger partial charge in [0, 0.05) is 24.8 Å². The molecule has 130 valence electrons. The van der Waals surface area contributed by atoms with E-state index < -0.39 is 12.1 Å². The summed E-state index contributed by atoms with van der Waals surface area (Å²) in [6.45, 7) is 3.70. The van der Waals surface area contributed by atoms with Crippen molar-refractivity contribution in [2.24, 2.45) is 0 Å². The largest absolute Gasteiger partial charge is 0.479 e. The molecule has 1 amide bonds. The van der Waals surface area contributed by atoms with Crippen LogP contribution < -0.4 is 10.9 Å². The molecular weight excluding hydrogens is 334 g/mol. The van der Waals surface area contributed by atoms with Gasteiger partial charge in [-0.15, -0.1) is 11.3 Å². The predicted molar refractivity (Wildman–Crippen MR) is 89.5 cm³/mol. The first-order chi connectivity index (χ1) is 11.3. The lowest BCUT2D eigenvalue weighted by Gasteiger charge is -2.11. The van der Waals surface area contributed by atoms with Crippen LogP contribution in [0.25, 0.3) is 10.2 Å². The van der Waals surface area contributed by atoms with Crippen LogP contribution in [0.5, 0.6) is 0 Å². The van der Waals surface area contributed by atoms with E-state index in [0.29, 0.717) is 16.0 Å². The monoisotopic (exact) mass is 353 g/mol. The van der Waals surface area contributed by atoms with Gasteiger partial charge in [-0.3, -0.25) is 9.59 Å². The van der Waals surface area contributed by atoms with Gasteiger partial charge in [0.25, 0.3) is 5.56 Å². The van der Waals surface area contributed by atoms with Crippen molar-refractivity contribution in [3.8, 4) is 0 Å². The predicted octanol–water partition coefficient (Wildman–Crippen LogP) is 0.750. The third-order valence-electron chi connectivity index (χ3n) is 3.72. The van der Waals surface area contributed by atoms with Crippen LogP contribution in [0.2, 0.25) is 0 Å². The number of thiophene rings is 1. The molecular formula is C15H19N3O5S. The number of carboxylic acids is 1. The maximum Gasteiger partial charge on any atom is 0.334 e. The van der Waals surface area contributed by atoms with Crippen LogP contribution in [-0.4, -0.2) is 46.7 Å². The number of ether oxygens (including phenoxy) is 1. The zero-order valence-electron chi connectivity index (χ0n) is 13.6. The standard InChI is InChI=1S/C15H19N3O5S/c1-7-8(2)24-14-12(7)13(20)17-10(18-14)4-5-11(19)16-6-9(23-3)15(21)22/h9H,4-6H2,1-3H3,(H,16,19)(H,21,22)(H,17,18,20). The second kappa shape index (κ2) is 7.54. The quantitative estimate of drug-likeness (QED) is 0.675. The molecule has 24 heavy (non-hydrogen) atoms. The van der Waals surface area contributed by atoms with Crippen molar-refractivity contribution in [3.05, 3.63) is 26.6 Å². The van der Waals surface area contributed by atoms with Crippen molar-refractivity contribution < 1.29 is 19.4 Å². The first-order valence-electron chi connectivity index (χ1n) is 7.34. The molecule has 0 saturated carbocycles. The zero-order chi connectivity index (χ0) is 17.9. The molecule has 0 aromatic carbocycles. The molecule has 0 fully saturated rings. The summed E-state index contributed by atoms with van der Waals surface area (Å²) in [6.07, 6.45) is -0.730. The fourth-order valence-corrected chi connectivity index (χ4v) is 3.26. The number of H-pyrrole nitrogens is 1. The average molecular weight is 353 g/mol. The van der Waals surface area contributed by atoms with Gasteiger partial charge in [-0.25, -0.2) is 9.78 Å². The van der Waals surface area contributed by atoms with E-state index in [-0.39, 0.29) is 30.9 Å². The van der Waals surface area contributed by atoms with Gasteiger partial charge in [0.1, 0.15) is 10.7 Å². The van der Waals surface area contributed by atoms with Gasteiger partial charge in [-0.05, 0) is 19.4 Å². The number of hydrogen-bond acceptors (Lipinski definition) is 6. The van der Waals surface area contributed by atoms with Crippen molar-refractivity contribution in [3.63, 3.8) is 0 Å². The fraction of sp³-hybridized carbons (Fsp3) is 0.467. The minimum atomic E-state index is -1.14. The molecule has 2 aromatic rings. The lowest BCUT2D eigenvalue weighted by atomic mass is 10.2. The Labute approximate surface area is 141 Å². The van der Waals surface area contributed by atoms with Crippen LogP contribution in [0.15, 0.2) is 4.79 Å². The number of fused-ring (bicyclic) bond motifs is 1. The number of methoxy groups -OCH3 is 1. The Morgan fingerprint density at radius 2 is 2.12 bits per heavy atom. The lowest BCUT2D eigenvalue weighted by molar-refractivity contribution is -0.148. The number of carboxylic acid groups (broad SMARTS) is 1. The Balaban J connectivity index is 1.99. The summed E-state index contributed by atoms with van der Waals surface area (Å²) in [6, 6.07) is 0. The summed E-state index contributed by atoms with van der Waals surface area (Å²) >= 11 is 1.45. The van der Waals surface area contributed by atoms with Crippen LogP contribution in [0.3, 0.4) is 0 Å². The molecule has 2 aromatic heterocycles. The topological polar surface area (TPSA) is 121 Å². The highest BCUT2D eigenvalue weighted by Crippen LogP contribution is 2.25. The van der Waals surface area contributed by atoms with Gasteiger partial charge in [0.05, 0.1) is 11.9 Å². The molecule has 0 spiro atoms. The molecule has 2 rings (SSSR count). The number of rotatable bonds is 7. The van der Waals surface area contributed by atoms with Crippen LogP contribution in [-0.2, 0) is 20.7 Å². The number of aryl methyl sites for hydroxylation is 3. The molecule has 0 aliphatic heterocycles.